The van der Waals surface area contributed by atoms with Crippen molar-refractivity contribution in [2.45, 2.75) is 26.4 Å². The standard InChI is InChI=1S/C17H20BrFN2/c1-12(2)20-11-13-8-9-16(14(18)10-13)21(3)17-7-5-4-6-15(17)19/h4-10,12,20H,11H2,1-3H3. The van der Waals surface area contributed by atoms with Crippen LogP contribution in [0.15, 0.2) is 46.9 Å². The Morgan fingerprint density at radius 2 is 1.86 bits per heavy atom. The fraction of sp³-hybridized carbons (Fsp3) is 0.294. The number of rotatable bonds is 5. The van der Waals surface area contributed by atoms with Crippen LogP contribution in [0.3, 0.4) is 0 Å². The largest absolute Gasteiger partial charge is 0.341 e. The molecule has 1 N–H and O–H groups in total. The van der Waals surface area contributed by atoms with Crippen molar-refractivity contribution in [1.82, 2.24) is 5.32 Å². The van der Waals surface area contributed by atoms with Gasteiger partial charge in [-0.25, -0.2) is 4.39 Å². The van der Waals surface area contributed by atoms with Crippen LogP contribution in [0.4, 0.5) is 15.8 Å². The number of nitrogens with one attached hydrogen (secondary N) is 1. The van der Waals surface area contributed by atoms with E-state index >= 15 is 0 Å². The average molecular weight is 351 g/mol. The third-order valence-electron chi connectivity index (χ3n) is 3.30. The van der Waals surface area contributed by atoms with E-state index in [9.17, 15) is 4.39 Å². The van der Waals surface area contributed by atoms with Crippen molar-refractivity contribution in [1.29, 1.82) is 0 Å². The van der Waals surface area contributed by atoms with Gasteiger partial charge in [0, 0.05) is 24.1 Å². The van der Waals surface area contributed by atoms with Crippen molar-refractivity contribution < 1.29 is 4.39 Å². The van der Waals surface area contributed by atoms with Crippen molar-refractivity contribution in [3.05, 3.63) is 58.3 Å². The van der Waals surface area contributed by atoms with Crippen LogP contribution in [0.25, 0.3) is 0 Å². The van der Waals surface area contributed by atoms with Crippen LogP contribution in [0.5, 0.6) is 0 Å². The van der Waals surface area contributed by atoms with Crippen LogP contribution in [0, 0.1) is 5.82 Å². The summed E-state index contributed by atoms with van der Waals surface area (Å²) >= 11 is 3.58. The van der Waals surface area contributed by atoms with Crippen LogP contribution >= 0.6 is 15.9 Å². The molecular weight excluding hydrogens is 331 g/mol. The molecule has 21 heavy (non-hydrogen) atoms. The lowest BCUT2D eigenvalue weighted by Crippen LogP contribution is -2.21. The molecule has 112 valence electrons. The van der Waals surface area contributed by atoms with Gasteiger partial charge in [-0.15, -0.1) is 0 Å². The van der Waals surface area contributed by atoms with Crippen molar-refractivity contribution in [3.63, 3.8) is 0 Å². The predicted octanol–water partition coefficient (Wildman–Crippen LogP) is 4.85. The fourth-order valence-electron chi connectivity index (χ4n) is 2.11. The quantitative estimate of drug-likeness (QED) is 0.828. The van der Waals surface area contributed by atoms with Crippen LogP contribution in [-0.4, -0.2) is 13.1 Å². The van der Waals surface area contributed by atoms with E-state index in [2.05, 4.69) is 47.2 Å². The Morgan fingerprint density at radius 3 is 2.48 bits per heavy atom. The van der Waals surface area contributed by atoms with Gasteiger partial charge in [0.25, 0.3) is 0 Å². The van der Waals surface area contributed by atoms with Crippen LogP contribution in [-0.2, 0) is 6.54 Å². The van der Waals surface area contributed by atoms with Gasteiger partial charge in [0.15, 0.2) is 0 Å². The summed E-state index contributed by atoms with van der Waals surface area (Å²) in [4.78, 5) is 1.85. The molecule has 2 rings (SSSR count). The zero-order valence-electron chi connectivity index (χ0n) is 12.5. The van der Waals surface area contributed by atoms with E-state index in [1.54, 1.807) is 12.1 Å². The van der Waals surface area contributed by atoms with E-state index in [-0.39, 0.29) is 5.82 Å². The van der Waals surface area contributed by atoms with Gasteiger partial charge in [0.2, 0.25) is 0 Å². The molecule has 2 aromatic carbocycles. The Kier molecular flexibility index (Phi) is 5.37. The molecule has 2 nitrogen and oxygen atoms in total. The van der Waals surface area contributed by atoms with Gasteiger partial charge in [-0.2, -0.15) is 0 Å². The van der Waals surface area contributed by atoms with Gasteiger partial charge in [0.1, 0.15) is 5.82 Å². The summed E-state index contributed by atoms with van der Waals surface area (Å²) in [5.74, 6) is -0.225. The molecule has 0 saturated heterocycles. The molecule has 0 atom stereocenters. The van der Waals surface area contributed by atoms with Crippen molar-refractivity contribution in [2.24, 2.45) is 0 Å². The molecule has 0 saturated carbocycles. The Hall–Kier alpha value is -1.39. The van der Waals surface area contributed by atoms with E-state index in [4.69, 9.17) is 0 Å². The van der Waals surface area contributed by atoms with Crippen molar-refractivity contribution >= 4 is 27.3 Å². The molecule has 4 heteroatoms. The van der Waals surface area contributed by atoms with Gasteiger partial charge >= 0.3 is 0 Å². The lowest BCUT2D eigenvalue weighted by Gasteiger charge is -2.22. The number of para-hydroxylation sites is 1. The Labute approximate surface area is 134 Å². The molecule has 0 aliphatic heterocycles. The van der Waals surface area contributed by atoms with E-state index in [0.29, 0.717) is 11.7 Å². The summed E-state index contributed by atoms with van der Waals surface area (Å²) in [6.45, 7) is 5.06. The smallest absolute Gasteiger partial charge is 0.146 e. The molecule has 0 amide bonds. The summed E-state index contributed by atoms with van der Waals surface area (Å²) in [5.41, 5.74) is 2.70. The molecule has 0 spiro atoms. The summed E-state index contributed by atoms with van der Waals surface area (Å²) in [6, 6.07) is 13.4. The summed E-state index contributed by atoms with van der Waals surface area (Å²) in [7, 11) is 1.87. The molecule has 0 aliphatic carbocycles. The van der Waals surface area contributed by atoms with Gasteiger partial charge < -0.3 is 10.2 Å². The fourth-order valence-corrected chi connectivity index (χ4v) is 2.80. The van der Waals surface area contributed by atoms with Crippen molar-refractivity contribution in [3.8, 4) is 0 Å². The second-order valence-electron chi connectivity index (χ2n) is 5.33. The highest BCUT2D eigenvalue weighted by molar-refractivity contribution is 9.10. The third-order valence-corrected chi connectivity index (χ3v) is 3.94. The first-order valence-electron chi connectivity index (χ1n) is 6.99. The molecule has 0 aliphatic rings. The number of nitrogens with zero attached hydrogens (tertiary/aromatic N) is 1. The van der Waals surface area contributed by atoms with Crippen LogP contribution < -0.4 is 10.2 Å². The molecule has 0 radical (unpaired) electrons. The molecule has 2 aromatic rings. The maximum Gasteiger partial charge on any atom is 0.146 e. The summed E-state index contributed by atoms with van der Waals surface area (Å²) in [6.07, 6.45) is 0. The first kappa shape index (κ1) is 16.0. The first-order chi connectivity index (χ1) is 9.99. The van der Waals surface area contributed by atoms with E-state index in [1.807, 2.05) is 24.1 Å². The molecule has 0 heterocycles. The number of hydrogen-bond acceptors (Lipinski definition) is 2. The zero-order chi connectivity index (χ0) is 15.4. The van der Waals surface area contributed by atoms with E-state index in [1.165, 1.54) is 11.6 Å². The van der Waals surface area contributed by atoms with E-state index in [0.717, 1.165) is 16.7 Å². The highest BCUT2D eigenvalue weighted by Gasteiger charge is 2.12. The molecule has 0 fully saturated rings. The SMILES string of the molecule is CC(C)NCc1ccc(N(C)c2ccccc2F)c(Br)c1. The average Bonchev–Trinajstić information content (AvgIpc) is 2.45. The Balaban J connectivity index is 2.23. The van der Waals surface area contributed by atoms with Gasteiger partial charge in [0.05, 0.1) is 11.4 Å². The number of anilines is 2. The summed E-state index contributed by atoms with van der Waals surface area (Å²) < 4.78 is 14.8. The third kappa shape index (κ3) is 4.05. The minimum absolute atomic E-state index is 0.225. The molecular formula is C17H20BrFN2. The van der Waals surface area contributed by atoms with Gasteiger partial charge in [-0.05, 0) is 45.8 Å². The predicted molar refractivity (Wildman–Crippen MR) is 90.6 cm³/mol. The summed E-state index contributed by atoms with van der Waals surface area (Å²) in [5, 5.41) is 3.38. The van der Waals surface area contributed by atoms with Crippen LogP contribution in [0.1, 0.15) is 19.4 Å². The monoisotopic (exact) mass is 350 g/mol. The van der Waals surface area contributed by atoms with E-state index < -0.39 is 0 Å². The lowest BCUT2D eigenvalue weighted by molar-refractivity contribution is 0.589. The Morgan fingerprint density at radius 1 is 1.14 bits per heavy atom. The molecule has 0 aromatic heterocycles. The topological polar surface area (TPSA) is 15.3 Å². The number of halogens is 2. The maximum absolute atomic E-state index is 13.9. The molecule has 0 bridgehead atoms. The van der Waals surface area contributed by atoms with Gasteiger partial charge in [-0.1, -0.05) is 32.0 Å². The zero-order valence-corrected chi connectivity index (χ0v) is 14.1. The number of benzene rings is 2. The van der Waals surface area contributed by atoms with Crippen molar-refractivity contribution in [2.75, 3.05) is 11.9 Å². The second-order valence-corrected chi connectivity index (χ2v) is 6.19. The second kappa shape index (κ2) is 7.05. The highest BCUT2D eigenvalue weighted by atomic mass is 79.9. The molecule has 0 unspecified atom stereocenters. The highest BCUT2D eigenvalue weighted by Crippen LogP contribution is 2.32. The van der Waals surface area contributed by atoms with Gasteiger partial charge in [-0.3, -0.25) is 0 Å². The first-order valence-corrected chi connectivity index (χ1v) is 7.78. The lowest BCUT2D eigenvalue weighted by atomic mass is 10.1. The Bertz CT molecular complexity index is 613. The maximum atomic E-state index is 13.9. The normalized spacial score (nSPS) is 11.0. The van der Waals surface area contributed by atoms with Crippen LogP contribution in [0.2, 0.25) is 0 Å². The minimum Gasteiger partial charge on any atom is -0.341 e. The number of hydrogen-bond donors (Lipinski definition) is 1. The minimum atomic E-state index is -0.225.